The monoisotopic (exact) mass is 191 g/mol. The summed E-state index contributed by atoms with van der Waals surface area (Å²) < 4.78 is 0. The number of rotatable bonds is 3. The van der Waals surface area contributed by atoms with Crippen molar-refractivity contribution < 1.29 is 9.90 Å². The van der Waals surface area contributed by atoms with Gasteiger partial charge in [-0.3, -0.25) is 4.79 Å². The van der Waals surface area contributed by atoms with Gasteiger partial charge in [0.2, 0.25) is 5.91 Å². The highest BCUT2D eigenvalue weighted by Crippen LogP contribution is 2.10. The molecule has 0 bridgehead atoms. The molecule has 14 heavy (non-hydrogen) atoms. The molecule has 3 nitrogen and oxygen atoms in total. The van der Waals surface area contributed by atoms with E-state index in [-0.39, 0.29) is 12.5 Å². The van der Waals surface area contributed by atoms with Gasteiger partial charge in [0, 0.05) is 12.6 Å². The van der Waals surface area contributed by atoms with Crippen molar-refractivity contribution >= 4 is 11.6 Å². The van der Waals surface area contributed by atoms with Crippen molar-refractivity contribution in [1.82, 2.24) is 5.32 Å². The van der Waals surface area contributed by atoms with E-state index in [0.717, 1.165) is 11.1 Å². The first-order chi connectivity index (χ1) is 6.63. The van der Waals surface area contributed by atoms with E-state index in [2.05, 4.69) is 11.9 Å². The number of carbonyl (C=O) groups is 1. The van der Waals surface area contributed by atoms with Crippen LogP contribution in [0, 0.1) is 0 Å². The van der Waals surface area contributed by atoms with Crippen molar-refractivity contribution in [3.63, 3.8) is 0 Å². The van der Waals surface area contributed by atoms with Crippen LogP contribution in [0.25, 0.3) is 5.70 Å². The minimum Gasteiger partial charge on any atom is -0.392 e. The maximum absolute atomic E-state index is 10.7. The van der Waals surface area contributed by atoms with E-state index in [9.17, 15) is 4.79 Å². The lowest BCUT2D eigenvalue weighted by Crippen LogP contribution is -2.17. The Morgan fingerprint density at radius 2 is 2.00 bits per heavy atom. The second kappa shape index (κ2) is 4.58. The number of aliphatic hydroxyl groups excluding tert-OH is 1. The lowest BCUT2D eigenvalue weighted by molar-refractivity contribution is -0.117. The molecule has 0 heterocycles. The Bertz CT molecular complexity index is 341. The molecule has 0 atom stereocenters. The lowest BCUT2D eigenvalue weighted by atomic mass is 10.1. The normalized spacial score (nSPS) is 9.57. The van der Waals surface area contributed by atoms with E-state index in [4.69, 9.17) is 5.11 Å². The number of hydrogen-bond donors (Lipinski definition) is 2. The fourth-order valence-electron chi connectivity index (χ4n) is 1.10. The molecule has 0 spiro atoms. The molecule has 0 unspecified atom stereocenters. The van der Waals surface area contributed by atoms with Gasteiger partial charge in [-0.15, -0.1) is 0 Å². The van der Waals surface area contributed by atoms with Gasteiger partial charge in [0.05, 0.1) is 6.61 Å². The number of hydrogen-bond acceptors (Lipinski definition) is 2. The minimum absolute atomic E-state index is 0.0207. The topological polar surface area (TPSA) is 49.3 Å². The highest BCUT2D eigenvalue weighted by molar-refractivity contribution is 5.84. The summed E-state index contributed by atoms with van der Waals surface area (Å²) in [5.74, 6) is -0.138. The molecule has 0 aliphatic rings. The van der Waals surface area contributed by atoms with Crippen LogP contribution in [0.1, 0.15) is 18.1 Å². The van der Waals surface area contributed by atoms with E-state index in [0.29, 0.717) is 5.70 Å². The van der Waals surface area contributed by atoms with Crippen LogP contribution in [0.2, 0.25) is 0 Å². The van der Waals surface area contributed by atoms with Crippen LogP contribution in [0.3, 0.4) is 0 Å². The molecule has 0 aromatic heterocycles. The van der Waals surface area contributed by atoms with Crippen molar-refractivity contribution in [2.75, 3.05) is 0 Å². The number of aliphatic hydroxyl groups is 1. The second-order valence-corrected chi connectivity index (χ2v) is 3.01. The van der Waals surface area contributed by atoms with Gasteiger partial charge >= 0.3 is 0 Å². The van der Waals surface area contributed by atoms with Crippen molar-refractivity contribution in [1.29, 1.82) is 0 Å². The van der Waals surface area contributed by atoms with Gasteiger partial charge in [0.1, 0.15) is 0 Å². The van der Waals surface area contributed by atoms with E-state index in [1.807, 2.05) is 12.1 Å². The molecule has 0 saturated heterocycles. The number of amides is 1. The summed E-state index contributed by atoms with van der Waals surface area (Å²) in [6.07, 6.45) is 0. The van der Waals surface area contributed by atoms with Gasteiger partial charge in [0.15, 0.2) is 0 Å². The van der Waals surface area contributed by atoms with Crippen LogP contribution in [-0.2, 0) is 11.4 Å². The summed E-state index contributed by atoms with van der Waals surface area (Å²) in [5, 5.41) is 11.4. The summed E-state index contributed by atoms with van der Waals surface area (Å²) >= 11 is 0. The fraction of sp³-hybridized carbons (Fsp3) is 0.182. The van der Waals surface area contributed by atoms with Crippen molar-refractivity contribution in [2.24, 2.45) is 0 Å². The summed E-state index contributed by atoms with van der Waals surface area (Å²) in [6, 6.07) is 7.21. The molecule has 0 aliphatic carbocycles. The average Bonchev–Trinajstić information content (AvgIpc) is 2.17. The van der Waals surface area contributed by atoms with E-state index in [1.54, 1.807) is 12.1 Å². The van der Waals surface area contributed by atoms with Crippen LogP contribution in [0.5, 0.6) is 0 Å². The first kappa shape index (κ1) is 10.5. The predicted molar refractivity (Wildman–Crippen MR) is 55.2 cm³/mol. The molecule has 0 saturated carbocycles. The summed E-state index contributed by atoms with van der Waals surface area (Å²) in [4.78, 5) is 10.7. The summed E-state index contributed by atoms with van der Waals surface area (Å²) in [5.41, 5.74) is 2.25. The largest absolute Gasteiger partial charge is 0.392 e. The molecule has 2 N–H and O–H groups in total. The maximum atomic E-state index is 10.7. The van der Waals surface area contributed by atoms with Gasteiger partial charge in [-0.25, -0.2) is 0 Å². The Hall–Kier alpha value is -1.61. The highest BCUT2D eigenvalue weighted by Gasteiger charge is 1.99. The molecule has 0 radical (unpaired) electrons. The van der Waals surface area contributed by atoms with Crippen molar-refractivity contribution in [2.45, 2.75) is 13.5 Å². The predicted octanol–water partition coefficient (Wildman–Crippen LogP) is 1.29. The Balaban J connectivity index is 2.76. The molecular formula is C11H13NO2. The number of nitrogens with one attached hydrogen (secondary N) is 1. The van der Waals surface area contributed by atoms with E-state index in [1.165, 1.54) is 6.92 Å². The van der Waals surface area contributed by atoms with Gasteiger partial charge in [0.25, 0.3) is 0 Å². The van der Waals surface area contributed by atoms with Crippen LogP contribution >= 0.6 is 0 Å². The van der Waals surface area contributed by atoms with Crippen LogP contribution < -0.4 is 5.32 Å². The Morgan fingerprint density at radius 1 is 1.43 bits per heavy atom. The van der Waals surface area contributed by atoms with Gasteiger partial charge in [-0.05, 0) is 11.1 Å². The molecule has 1 aromatic carbocycles. The highest BCUT2D eigenvalue weighted by atomic mass is 16.3. The second-order valence-electron chi connectivity index (χ2n) is 3.01. The molecular weight excluding hydrogens is 178 g/mol. The maximum Gasteiger partial charge on any atom is 0.221 e. The molecule has 0 fully saturated rings. The van der Waals surface area contributed by atoms with Gasteiger partial charge in [-0.2, -0.15) is 0 Å². The zero-order valence-electron chi connectivity index (χ0n) is 8.08. The van der Waals surface area contributed by atoms with Crippen LogP contribution in [0.4, 0.5) is 0 Å². The SMILES string of the molecule is C=C(NC(C)=O)c1ccc(CO)cc1. The first-order valence-electron chi connectivity index (χ1n) is 4.30. The number of benzene rings is 1. The molecule has 1 rings (SSSR count). The zero-order chi connectivity index (χ0) is 10.6. The number of carbonyl (C=O) groups excluding carboxylic acids is 1. The Kier molecular flexibility index (Phi) is 3.42. The third-order valence-corrected chi connectivity index (χ3v) is 1.81. The Labute approximate surface area is 83.1 Å². The van der Waals surface area contributed by atoms with Crippen molar-refractivity contribution in [3.05, 3.63) is 42.0 Å². The third-order valence-electron chi connectivity index (χ3n) is 1.81. The summed E-state index contributed by atoms with van der Waals surface area (Å²) in [7, 11) is 0. The van der Waals surface area contributed by atoms with Gasteiger partial charge < -0.3 is 10.4 Å². The molecule has 74 valence electrons. The molecule has 3 heteroatoms. The van der Waals surface area contributed by atoms with Crippen LogP contribution in [0.15, 0.2) is 30.8 Å². The first-order valence-corrected chi connectivity index (χ1v) is 4.30. The zero-order valence-corrected chi connectivity index (χ0v) is 8.08. The van der Waals surface area contributed by atoms with Crippen LogP contribution in [-0.4, -0.2) is 11.0 Å². The van der Waals surface area contributed by atoms with E-state index >= 15 is 0 Å². The van der Waals surface area contributed by atoms with Crippen molar-refractivity contribution in [3.8, 4) is 0 Å². The smallest absolute Gasteiger partial charge is 0.221 e. The minimum atomic E-state index is -0.138. The fourth-order valence-corrected chi connectivity index (χ4v) is 1.10. The standard InChI is InChI=1S/C11H13NO2/c1-8(12-9(2)14)11-5-3-10(7-13)4-6-11/h3-6,13H,1,7H2,2H3,(H,12,14). The van der Waals surface area contributed by atoms with E-state index < -0.39 is 0 Å². The summed E-state index contributed by atoms with van der Waals surface area (Å²) in [6.45, 7) is 5.18. The average molecular weight is 191 g/mol. The molecule has 1 aromatic rings. The molecule has 1 amide bonds. The van der Waals surface area contributed by atoms with Gasteiger partial charge in [-0.1, -0.05) is 30.8 Å². The Morgan fingerprint density at radius 3 is 2.43 bits per heavy atom. The quantitative estimate of drug-likeness (QED) is 0.756. The lowest BCUT2D eigenvalue weighted by Gasteiger charge is -2.06. The molecule has 0 aliphatic heterocycles. The third kappa shape index (κ3) is 2.71.